The Kier molecular flexibility index (Phi) is 69.5. The molecule has 460 valence electrons. The van der Waals surface area contributed by atoms with Crippen LogP contribution < -0.4 is 0 Å². The lowest BCUT2D eigenvalue weighted by Gasteiger charge is -2.26. The first-order chi connectivity index (χ1) is 37.9. The van der Waals surface area contributed by atoms with Crippen molar-refractivity contribution in [3.05, 3.63) is 0 Å². The van der Waals surface area contributed by atoms with Crippen LogP contribution in [-0.2, 0) is 19.1 Å². The van der Waals surface area contributed by atoms with Gasteiger partial charge in [-0.2, -0.15) is 0 Å². The number of unbranched alkanes of at least 4 members (excludes halogenated alkanes) is 52. The average Bonchev–Trinajstić information content (AvgIpc) is 3.42. The third-order valence-electron chi connectivity index (χ3n) is 17.0. The van der Waals surface area contributed by atoms with Gasteiger partial charge in [0, 0.05) is 12.8 Å². The van der Waals surface area contributed by atoms with Crippen molar-refractivity contribution in [3.63, 3.8) is 0 Å². The van der Waals surface area contributed by atoms with Crippen molar-refractivity contribution >= 4 is 17.9 Å². The largest absolute Gasteiger partial charge is 0.481 e. The number of carboxylic acid groups (broad SMARTS) is 1. The number of rotatable bonds is 64. The van der Waals surface area contributed by atoms with Gasteiger partial charge in [-0.05, 0) is 38.0 Å². The predicted molar refractivity (Wildman–Crippen MR) is 340 cm³/mol. The van der Waals surface area contributed by atoms with Gasteiger partial charge in [-0.15, -0.1) is 0 Å². The quantitative estimate of drug-likeness (QED) is 0.0373. The minimum Gasteiger partial charge on any atom is -0.481 e. The van der Waals surface area contributed by atoms with Crippen LogP contribution in [0.15, 0.2) is 0 Å². The van der Waals surface area contributed by atoms with E-state index in [-0.39, 0.29) is 17.9 Å². The molecule has 0 aliphatic rings. The normalized spacial score (nSPS) is 12.2. The Balaban J connectivity index is 0. The van der Waals surface area contributed by atoms with Gasteiger partial charge in [0.05, 0.1) is 5.92 Å². The zero-order valence-electron chi connectivity index (χ0n) is 53.6. The molecule has 0 aliphatic heterocycles. The van der Waals surface area contributed by atoms with E-state index in [9.17, 15) is 14.4 Å². The summed E-state index contributed by atoms with van der Waals surface area (Å²) in [5.74, 6) is -0.853. The topological polar surface area (TPSA) is 80.7 Å². The molecule has 0 fully saturated rings. The highest BCUT2D eigenvalue weighted by Gasteiger charge is 2.30. The Labute approximate surface area is 484 Å². The van der Waals surface area contributed by atoms with Gasteiger partial charge in [-0.25, -0.2) is 0 Å². The van der Waals surface area contributed by atoms with Crippen molar-refractivity contribution < 1.29 is 24.2 Å². The first-order valence-corrected chi connectivity index (χ1v) is 35.8. The van der Waals surface area contributed by atoms with Gasteiger partial charge in [-0.3, -0.25) is 14.4 Å². The molecule has 77 heavy (non-hydrogen) atoms. The van der Waals surface area contributed by atoms with Crippen molar-refractivity contribution in [1.29, 1.82) is 0 Å². The molecule has 0 aromatic rings. The van der Waals surface area contributed by atoms with Gasteiger partial charge in [0.15, 0.2) is 0 Å². The van der Waals surface area contributed by atoms with Crippen molar-refractivity contribution in [1.82, 2.24) is 0 Å². The summed E-state index contributed by atoms with van der Waals surface area (Å²) in [5, 5.41) is 8.49. The molecular formula is C72H142O5. The molecule has 5 nitrogen and oxygen atoms in total. The molecule has 0 bridgehead atoms. The van der Waals surface area contributed by atoms with E-state index in [0.29, 0.717) is 18.8 Å². The van der Waals surface area contributed by atoms with Crippen LogP contribution in [0.25, 0.3) is 0 Å². The summed E-state index contributed by atoms with van der Waals surface area (Å²) in [4.78, 5) is 37.3. The molecular weight excluding hydrogens is 945 g/mol. The number of carbonyl (C=O) groups is 3. The molecule has 5 heteroatoms. The summed E-state index contributed by atoms with van der Waals surface area (Å²) in [7, 11) is 0. The Morgan fingerprint density at radius 2 is 0.455 bits per heavy atom. The first kappa shape index (κ1) is 77.7. The molecule has 0 saturated heterocycles. The molecule has 0 amide bonds. The fourth-order valence-corrected chi connectivity index (χ4v) is 11.7. The van der Waals surface area contributed by atoms with Crippen molar-refractivity contribution in [2.45, 2.75) is 433 Å². The average molecular weight is 1090 g/mol. The van der Waals surface area contributed by atoms with Gasteiger partial charge in [0.2, 0.25) is 0 Å². The Morgan fingerprint density at radius 3 is 0.688 bits per heavy atom. The summed E-state index contributed by atoms with van der Waals surface area (Å²) >= 11 is 0. The van der Waals surface area contributed by atoms with Gasteiger partial charge in [0.1, 0.15) is 0 Å². The van der Waals surface area contributed by atoms with Crippen LogP contribution in [0, 0.1) is 11.8 Å². The number of carbonyl (C=O) groups excluding carboxylic acids is 2. The molecule has 0 saturated carbocycles. The number of aliphatic carboxylic acids is 1. The maximum atomic E-state index is 13.9. The van der Waals surface area contributed by atoms with Crippen LogP contribution in [0.5, 0.6) is 0 Å². The molecule has 0 radical (unpaired) electrons. The second-order valence-electron chi connectivity index (χ2n) is 24.8. The van der Waals surface area contributed by atoms with E-state index in [1.54, 1.807) is 0 Å². The Morgan fingerprint density at radius 1 is 0.260 bits per heavy atom. The van der Waals surface area contributed by atoms with Crippen LogP contribution in [0.4, 0.5) is 0 Å². The van der Waals surface area contributed by atoms with E-state index < -0.39 is 5.97 Å². The lowest BCUT2D eigenvalue weighted by atomic mass is 9.80. The summed E-state index contributed by atoms with van der Waals surface area (Å²) in [5.41, 5.74) is 0. The fraction of sp³-hybridized carbons (Fsp3) is 0.958. The van der Waals surface area contributed by atoms with Gasteiger partial charge in [0.25, 0.3) is 0 Å². The van der Waals surface area contributed by atoms with E-state index in [1.807, 2.05) is 0 Å². The smallest absolute Gasteiger partial charge is 0.316 e. The SMILES string of the molecule is CCCCCCCCCCCCCCCC(=O)O.CCCCCCCCCCCCCCCCCC(=O)OC(=O)C(CCCCCCCCCCCCCCCC)C(CCCCCCCC)CCCCCCCCCCC. The molecule has 2 unspecified atom stereocenters. The lowest BCUT2D eigenvalue weighted by molar-refractivity contribution is -0.164. The van der Waals surface area contributed by atoms with E-state index in [4.69, 9.17) is 9.84 Å². The molecule has 0 aromatic carbocycles. The zero-order chi connectivity index (χ0) is 56.4. The minimum absolute atomic E-state index is 0.109. The highest BCUT2D eigenvalue weighted by atomic mass is 16.6. The maximum absolute atomic E-state index is 13.9. The standard InChI is InChI=1S/C56H110O3.C16H32O2/c1-5-9-13-17-21-24-26-28-30-32-34-37-40-44-48-52-55(57)59-56(58)54(51-47-43-39-36-33-31-29-27-25-22-18-14-10-6-2)53(49-45-41-20-16-12-8-4)50-46-42-38-35-23-19-15-11-7-3;1-2-3-4-5-6-7-8-9-10-11-12-13-14-15-16(17)18/h53-54H,5-52H2,1-4H3;2-15H2,1H3,(H,17,18). The molecule has 0 rings (SSSR count). The summed E-state index contributed by atoms with van der Waals surface area (Å²) in [6, 6.07) is 0. The molecule has 2 atom stereocenters. The molecule has 1 N–H and O–H groups in total. The van der Waals surface area contributed by atoms with Gasteiger partial charge < -0.3 is 9.84 Å². The number of carboxylic acids is 1. The predicted octanol–water partition coefficient (Wildman–Crippen LogP) is 25.6. The fourth-order valence-electron chi connectivity index (χ4n) is 11.7. The summed E-state index contributed by atoms with van der Waals surface area (Å²) in [6.45, 7) is 11.4. The second kappa shape index (κ2) is 68.9. The van der Waals surface area contributed by atoms with Crippen LogP contribution in [0.3, 0.4) is 0 Å². The number of hydrogen-bond donors (Lipinski definition) is 1. The first-order valence-electron chi connectivity index (χ1n) is 35.8. The van der Waals surface area contributed by atoms with Crippen molar-refractivity contribution in [2.24, 2.45) is 11.8 Å². The molecule has 0 heterocycles. The summed E-state index contributed by atoms with van der Waals surface area (Å²) in [6.07, 6.45) is 79.1. The number of hydrogen-bond acceptors (Lipinski definition) is 4. The number of ether oxygens (including phenoxy) is 1. The molecule has 0 aromatic heterocycles. The second-order valence-corrected chi connectivity index (χ2v) is 24.8. The van der Waals surface area contributed by atoms with Crippen LogP contribution >= 0.6 is 0 Å². The molecule has 0 aliphatic carbocycles. The maximum Gasteiger partial charge on any atom is 0.316 e. The summed E-state index contributed by atoms with van der Waals surface area (Å²) < 4.78 is 5.76. The third kappa shape index (κ3) is 65.3. The van der Waals surface area contributed by atoms with E-state index in [2.05, 4.69) is 34.6 Å². The van der Waals surface area contributed by atoms with Crippen LogP contribution in [0.1, 0.15) is 433 Å². The highest BCUT2D eigenvalue weighted by molar-refractivity contribution is 5.86. The van der Waals surface area contributed by atoms with Crippen LogP contribution in [0.2, 0.25) is 0 Å². The van der Waals surface area contributed by atoms with Crippen LogP contribution in [-0.4, -0.2) is 23.0 Å². The monoisotopic (exact) mass is 1090 g/mol. The Bertz CT molecular complexity index is 1140. The van der Waals surface area contributed by atoms with Crippen molar-refractivity contribution in [2.75, 3.05) is 0 Å². The third-order valence-corrected chi connectivity index (χ3v) is 17.0. The van der Waals surface area contributed by atoms with E-state index >= 15 is 0 Å². The minimum atomic E-state index is -0.655. The zero-order valence-corrected chi connectivity index (χ0v) is 53.6. The van der Waals surface area contributed by atoms with Crippen molar-refractivity contribution in [3.8, 4) is 0 Å². The van der Waals surface area contributed by atoms with E-state index in [0.717, 1.165) is 51.4 Å². The van der Waals surface area contributed by atoms with E-state index in [1.165, 1.54) is 334 Å². The van der Waals surface area contributed by atoms with Gasteiger partial charge >= 0.3 is 17.9 Å². The lowest BCUT2D eigenvalue weighted by Crippen LogP contribution is -2.28. The molecule has 0 spiro atoms. The number of esters is 2. The highest BCUT2D eigenvalue weighted by Crippen LogP contribution is 2.32. The van der Waals surface area contributed by atoms with Gasteiger partial charge in [-0.1, -0.05) is 388 Å². The Hall–Kier alpha value is -1.39.